The van der Waals surface area contributed by atoms with Crippen molar-refractivity contribution in [3.8, 4) is 0 Å². The molecule has 0 aliphatic heterocycles. The molecule has 0 unspecified atom stereocenters. The van der Waals surface area contributed by atoms with Gasteiger partial charge in [0.2, 0.25) is 11.8 Å². The molecule has 142 valence electrons. The van der Waals surface area contributed by atoms with Gasteiger partial charge in [-0.05, 0) is 17.2 Å². The standard InChI is InChI=1S/C18H19ClN4O4/c19-15-7-6-13(9-21-15)8-14(17(20)25)23-16(24)10-22-18(26)27-11-12-4-2-1-3-5-12/h1-7,9,14H,8,10-11H2,(H2,20,25)(H,22,26)(H,23,24)/t14-/m0/s1. The van der Waals surface area contributed by atoms with Crippen LogP contribution in [0.3, 0.4) is 0 Å². The third kappa shape index (κ3) is 7.33. The van der Waals surface area contributed by atoms with Crippen molar-refractivity contribution in [3.63, 3.8) is 0 Å². The molecule has 0 radical (unpaired) electrons. The number of nitrogens with zero attached hydrogens (tertiary/aromatic N) is 1. The summed E-state index contributed by atoms with van der Waals surface area (Å²) in [7, 11) is 0. The van der Waals surface area contributed by atoms with Crippen molar-refractivity contribution in [1.82, 2.24) is 15.6 Å². The molecule has 0 bridgehead atoms. The molecule has 0 fully saturated rings. The Morgan fingerprint density at radius 1 is 1.11 bits per heavy atom. The molecule has 8 nitrogen and oxygen atoms in total. The number of alkyl carbamates (subject to hydrolysis) is 1. The van der Waals surface area contributed by atoms with Crippen LogP contribution in [0, 0.1) is 0 Å². The number of amides is 3. The Kier molecular flexibility index (Phi) is 7.57. The van der Waals surface area contributed by atoms with Crippen molar-refractivity contribution in [1.29, 1.82) is 0 Å². The van der Waals surface area contributed by atoms with Crippen molar-refractivity contribution >= 4 is 29.5 Å². The van der Waals surface area contributed by atoms with Crippen LogP contribution >= 0.6 is 11.6 Å². The number of rotatable bonds is 8. The Hall–Kier alpha value is -3.13. The number of carbonyl (C=O) groups is 3. The maximum Gasteiger partial charge on any atom is 0.407 e. The van der Waals surface area contributed by atoms with E-state index in [0.29, 0.717) is 10.7 Å². The Bertz CT molecular complexity index is 784. The average Bonchev–Trinajstić information content (AvgIpc) is 2.66. The first-order chi connectivity index (χ1) is 12.9. The van der Waals surface area contributed by atoms with E-state index in [1.165, 1.54) is 6.20 Å². The highest BCUT2D eigenvalue weighted by molar-refractivity contribution is 6.29. The number of primary amides is 1. The summed E-state index contributed by atoms with van der Waals surface area (Å²) in [5.74, 6) is -1.28. The minimum atomic E-state index is -0.942. The van der Waals surface area contributed by atoms with Crippen LogP contribution in [0.2, 0.25) is 5.15 Å². The van der Waals surface area contributed by atoms with Crippen LogP contribution in [0.15, 0.2) is 48.7 Å². The summed E-state index contributed by atoms with van der Waals surface area (Å²) in [5.41, 5.74) is 6.82. The fraction of sp³-hybridized carbons (Fsp3) is 0.222. The van der Waals surface area contributed by atoms with Crippen LogP contribution in [0.4, 0.5) is 4.79 Å². The molecule has 0 aliphatic rings. The number of pyridine rings is 1. The molecule has 0 spiro atoms. The Balaban J connectivity index is 1.77. The Morgan fingerprint density at radius 2 is 1.85 bits per heavy atom. The highest BCUT2D eigenvalue weighted by Crippen LogP contribution is 2.07. The molecule has 3 amide bonds. The first kappa shape index (κ1) is 20.2. The summed E-state index contributed by atoms with van der Waals surface area (Å²) < 4.78 is 5.00. The fourth-order valence-electron chi connectivity index (χ4n) is 2.16. The van der Waals surface area contributed by atoms with Crippen molar-refractivity contribution in [2.45, 2.75) is 19.1 Å². The SMILES string of the molecule is NC(=O)[C@H](Cc1ccc(Cl)nc1)NC(=O)CNC(=O)OCc1ccccc1. The van der Waals surface area contributed by atoms with Crippen LogP contribution in [0.5, 0.6) is 0 Å². The smallest absolute Gasteiger partial charge is 0.407 e. The van der Waals surface area contributed by atoms with Gasteiger partial charge in [0.25, 0.3) is 0 Å². The van der Waals surface area contributed by atoms with Gasteiger partial charge < -0.3 is 21.1 Å². The fourth-order valence-corrected chi connectivity index (χ4v) is 2.27. The van der Waals surface area contributed by atoms with Crippen LogP contribution in [0.25, 0.3) is 0 Å². The largest absolute Gasteiger partial charge is 0.445 e. The van der Waals surface area contributed by atoms with Crippen molar-refractivity contribution in [2.75, 3.05) is 6.54 Å². The number of carbonyl (C=O) groups excluding carboxylic acids is 3. The maximum absolute atomic E-state index is 12.0. The lowest BCUT2D eigenvalue weighted by molar-refractivity contribution is -0.126. The van der Waals surface area contributed by atoms with Gasteiger partial charge in [-0.2, -0.15) is 0 Å². The maximum atomic E-state index is 12.0. The number of aromatic nitrogens is 1. The number of benzene rings is 1. The molecule has 0 aliphatic carbocycles. The molecule has 1 aromatic carbocycles. The van der Waals surface area contributed by atoms with Gasteiger partial charge in [-0.1, -0.05) is 48.0 Å². The molecule has 0 saturated carbocycles. The molecule has 4 N–H and O–H groups in total. The van der Waals surface area contributed by atoms with Crippen LogP contribution < -0.4 is 16.4 Å². The lowest BCUT2D eigenvalue weighted by Crippen LogP contribution is -2.49. The van der Waals surface area contributed by atoms with E-state index in [1.54, 1.807) is 12.1 Å². The summed E-state index contributed by atoms with van der Waals surface area (Å²) >= 11 is 5.71. The van der Waals surface area contributed by atoms with Crippen LogP contribution in [-0.4, -0.2) is 35.5 Å². The Morgan fingerprint density at radius 3 is 2.48 bits per heavy atom. The van der Waals surface area contributed by atoms with E-state index >= 15 is 0 Å². The van der Waals surface area contributed by atoms with Gasteiger partial charge in [0.1, 0.15) is 24.3 Å². The van der Waals surface area contributed by atoms with Gasteiger partial charge in [-0.25, -0.2) is 9.78 Å². The summed E-state index contributed by atoms with van der Waals surface area (Å²) in [6, 6.07) is 11.4. The Labute approximate surface area is 161 Å². The normalized spacial score (nSPS) is 11.3. The van der Waals surface area contributed by atoms with Gasteiger partial charge in [0.15, 0.2) is 0 Å². The molecule has 0 saturated heterocycles. The highest BCUT2D eigenvalue weighted by atomic mass is 35.5. The van der Waals surface area contributed by atoms with E-state index in [9.17, 15) is 14.4 Å². The first-order valence-corrected chi connectivity index (χ1v) is 8.45. The lowest BCUT2D eigenvalue weighted by Gasteiger charge is -2.15. The number of nitrogens with two attached hydrogens (primary N) is 1. The third-order valence-electron chi connectivity index (χ3n) is 3.51. The summed E-state index contributed by atoms with van der Waals surface area (Å²) in [6.45, 7) is -0.266. The lowest BCUT2D eigenvalue weighted by atomic mass is 10.1. The molecule has 1 aromatic heterocycles. The van der Waals surface area contributed by atoms with E-state index in [0.717, 1.165) is 5.56 Å². The van der Waals surface area contributed by atoms with Gasteiger partial charge in [-0.15, -0.1) is 0 Å². The minimum absolute atomic E-state index is 0.0851. The van der Waals surface area contributed by atoms with Crippen molar-refractivity contribution < 1.29 is 19.1 Å². The van der Waals surface area contributed by atoms with Crippen molar-refractivity contribution in [2.24, 2.45) is 5.73 Å². The predicted octanol–water partition coefficient (Wildman–Crippen LogP) is 1.17. The highest BCUT2D eigenvalue weighted by Gasteiger charge is 2.19. The van der Waals surface area contributed by atoms with Crippen LogP contribution in [-0.2, 0) is 27.4 Å². The number of ether oxygens (including phenoxy) is 1. The van der Waals surface area contributed by atoms with E-state index < -0.39 is 23.9 Å². The van der Waals surface area contributed by atoms with Gasteiger partial charge in [0, 0.05) is 12.6 Å². The molecule has 2 aromatic rings. The van der Waals surface area contributed by atoms with E-state index in [1.807, 2.05) is 30.3 Å². The molecular formula is C18H19ClN4O4. The van der Waals surface area contributed by atoms with Gasteiger partial charge >= 0.3 is 6.09 Å². The molecule has 1 heterocycles. The summed E-state index contributed by atoms with van der Waals surface area (Å²) in [4.78, 5) is 39.0. The topological polar surface area (TPSA) is 123 Å². The summed E-state index contributed by atoms with van der Waals surface area (Å²) in [5, 5.41) is 5.09. The second kappa shape index (κ2) is 10.1. The number of hydrogen-bond donors (Lipinski definition) is 3. The average molecular weight is 391 g/mol. The number of hydrogen-bond acceptors (Lipinski definition) is 5. The van der Waals surface area contributed by atoms with E-state index in [-0.39, 0.29) is 19.6 Å². The third-order valence-corrected chi connectivity index (χ3v) is 3.74. The molecule has 27 heavy (non-hydrogen) atoms. The number of nitrogens with one attached hydrogen (secondary N) is 2. The van der Waals surface area contributed by atoms with Crippen molar-refractivity contribution in [3.05, 3.63) is 64.9 Å². The van der Waals surface area contributed by atoms with E-state index in [4.69, 9.17) is 22.1 Å². The second-order valence-electron chi connectivity index (χ2n) is 5.63. The number of halogens is 1. The zero-order chi connectivity index (χ0) is 19.6. The zero-order valence-corrected chi connectivity index (χ0v) is 15.1. The molecule has 9 heteroatoms. The zero-order valence-electron chi connectivity index (χ0n) is 14.4. The molecule has 2 rings (SSSR count). The monoisotopic (exact) mass is 390 g/mol. The second-order valence-corrected chi connectivity index (χ2v) is 6.02. The molecule has 1 atom stereocenters. The van der Waals surface area contributed by atoms with Crippen LogP contribution in [0.1, 0.15) is 11.1 Å². The molecular weight excluding hydrogens is 372 g/mol. The van der Waals surface area contributed by atoms with Gasteiger partial charge in [0.05, 0.1) is 0 Å². The first-order valence-electron chi connectivity index (χ1n) is 8.07. The quantitative estimate of drug-likeness (QED) is 0.584. The minimum Gasteiger partial charge on any atom is -0.445 e. The van der Waals surface area contributed by atoms with E-state index in [2.05, 4.69) is 15.6 Å². The summed E-state index contributed by atoms with van der Waals surface area (Å²) in [6.07, 6.45) is 0.902. The predicted molar refractivity (Wildman–Crippen MR) is 98.7 cm³/mol. The van der Waals surface area contributed by atoms with Gasteiger partial charge in [-0.3, -0.25) is 9.59 Å².